The molecule has 0 fully saturated rings. The summed E-state index contributed by atoms with van der Waals surface area (Å²) in [6, 6.07) is 2.63. The van der Waals surface area contributed by atoms with Crippen molar-refractivity contribution in [2.45, 2.75) is 33.2 Å². The summed E-state index contributed by atoms with van der Waals surface area (Å²) in [5.74, 6) is 1.70. The molecule has 0 aliphatic rings. The Labute approximate surface area is 112 Å². The monoisotopic (exact) mass is 264 g/mol. The van der Waals surface area contributed by atoms with Gasteiger partial charge >= 0.3 is 0 Å². The van der Waals surface area contributed by atoms with Crippen LogP contribution in [0.25, 0.3) is 10.2 Å². The molecule has 5 heteroatoms. The smallest absolute Gasteiger partial charge is 0.225 e. The van der Waals surface area contributed by atoms with Gasteiger partial charge in [0.05, 0.1) is 5.39 Å². The first kappa shape index (κ1) is 13.1. The lowest BCUT2D eigenvalue weighted by Gasteiger charge is -2.23. The molecule has 0 spiro atoms. The molecule has 0 aliphatic heterocycles. The van der Waals surface area contributed by atoms with Crippen molar-refractivity contribution in [1.82, 2.24) is 9.97 Å². The van der Waals surface area contributed by atoms with Gasteiger partial charge < -0.3 is 10.2 Å². The molecule has 0 aliphatic carbocycles. The fraction of sp³-hybridized carbons (Fsp3) is 0.538. The van der Waals surface area contributed by atoms with Crippen LogP contribution in [0.4, 0.5) is 11.8 Å². The van der Waals surface area contributed by atoms with Crippen molar-refractivity contribution in [3.63, 3.8) is 0 Å². The van der Waals surface area contributed by atoms with Crippen molar-refractivity contribution < 1.29 is 0 Å². The van der Waals surface area contributed by atoms with E-state index in [1.165, 1.54) is 4.88 Å². The fourth-order valence-corrected chi connectivity index (χ4v) is 2.72. The minimum absolute atomic E-state index is 0.415. The number of nitrogens with zero attached hydrogens (tertiary/aromatic N) is 3. The Kier molecular flexibility index (Phi) is 3.71. The van der Waals surface area contributed by atoms with E-state index in [0.717, 1.165) is 22.5 Å². The van der Waals surface area contributed by atoms with Crippen LogP contribution >= 0.6 is 11.3 Å². The molecule has 2 aromatic heterocycles. The minimum atomic E-state index is 0.415. The van der Waals surface area contributed by atoms with Gasteiger partial charge in [-0.3, -0.25) is 0 Å². The maximum Gasteiger partial charge on any atom is 0.225 e. The van der Waals surface area contributed by atoms with Crippen LogP contribution in [-0.4, -0.2) is 30.1 Å². The van der Waals surface area contributed by atoms with Crippen LogP contribution in [0.1, 0.15) is 25.6 Å². The highest BCUT2D eigenvalue weighted by atomic mass is 32.1. The highest BCUT2D eigenvalue weighted by Gasteiger charge is 2.15. The van der Waals surface area contributed by atoms with Gasteiger partial charge in [0.25, 0.3) is 0 Å². The van der Waals surface area contributed by atoms with E-state index in [9.17, 15) is 0 Å². The molecule has 1 N–H and O–H groups in total. The lowest BCUT2D eigenvalue weighted by atomic mass is 10.2. The van der Waals surface area contributed by atoms with Crippen molar-refractivity contribution in [1.29, 1.82) is 0 Å². The third-order valence-electron chi connectivity index (χ3n) is 3.10. The lowest BCUT2D eigenvalue weighted by Crippen LogP contribution is -2.27. The summed E-state index contributed by atoms with van der Waals surface area (Å²) in [5.41, 5.74) is 0. The third-order valence-corrected chi connectivity index (χ3v) is 4.28. The first-order chi connectivity index (χ1) is 8.56. The zero-order valence-electron chi connectivity index (χ0n) is 11.6. The van der Waals surface area contributed by atoms with Gasteiger partial charge in [0.2, 0.25) is 5.95 Å². The van der Waals surface area contributed by atoms with E-state index in [-0.39, 0.29) is 0 Å². The zero-order valence-corrected chi connectivity index (χ0v) is 12.4. The van der Waals surface area contributed by atoms with E-state index in [1.54, 1.807) is 11.3 Å². The van der Waals surface area contributed by atoms with Gasteiger partial charge in [-0.25, -0.2) is 4.98 Å². The van der Waals surface area contributed by atoms with Crippen LogP contribution in [0.15, 0.2) is 6.07 Å². The molecule has 4 nitrogen and oxygen atoms in total. The Hall–Kier alpha value is -1.36. The van der Waals surface area contributed by atoms with Crippen molar-refractivity contribution in [2.24, 2.45) is 0 Å². The first-order valence-electron chi connectivity index (χ1n) is 6.27. The number of aromatic nitrogens is 2. The Balaban J connectivity index is 2.64. The molecule has 2 heterocycles. The summed E-state index contributed by atoms with van der Waals surface area (Å²) in [5, 5.41) is 4.20. The second-order valence-electron chi connectivity index (χ2n) is 4.61. The van der Waals surface area contributed by atoms with Crippen molar-refractivity contribution in [3.05, 3.63) is 10.9 Å². The van der Waals surface area contributed by atoms with E-state index in [2.05, 4.69) is 54.1 Å². The standard InChI is InChI=1S/C13H20N4S/c1-6-9-7-10-11(17(5)8(2)3)15-13(14-4)16-12(10)18-9/h7-8H,6H2,1-5H3,(H,14,15,16). The number of hydrogen-bond acceptors (Lipinski definition) is 5. The highest BCUT2D eigenvalue weighted by Crippen LogP contribution is 2.32. The fourth-order valence-electron chi connectivity index (χ4n) is 1.76. The molecule has 0 unspecified atom stereocenters. The summed E-state index contributed by atoms with van der Waals surface area (Å²) < 4.78 is 0. The van der Waals surface area contributed by atoms with Gasteiger partial charge in [0.1, 0.15) is 10.6 Å². The average Bonchev–Trinajstić information content (AvgIpc) is 2.79. The number of aryl methyl sites for hydroxylation is 1. The largest absolute Gasteiger partial charge is 0.357 e. The van der Waals surface area contributed by atoms with Gasteiger partial charge in [-0.1, -0.05) is 6.92 Å². The molecule has 2 aromatic rings. The predicted molar refractivity (Wildman–Crippen MR) is 79.9 cm³/mol. The first-order valence-corrected chi connectivity index (χ1v) is 7.09. The molecular formula is C13H20N4S. The maximum absolute atomic E-state index is 4.60. The van der Waals surface area contributed by atoms with Crippen LogP contribution in [0.3, 0.4) is 0 Å². The topological polar surface area (TPSA) is 41.1 Å². The van der Waals surface area contributed by atoms with E-state index in [4.69, 9.17) is 0 Å². The van der Waals surface area contributed by atoms with Crippen LogP contribution < -0.4 is 10.2 Å². The zero-order chi connectivity index (χ0) is 13.3. The quantitative estimate of drug-likeness (QED) is 0.921. The Morgan fingerprint density at radius 1 is 1.39 bits per heavy atom. The molecule has 98 valence electrons. The van der Waals surface area contributed by atoms with Gasteiger partial charge in [-0.05, 0) is 26.3 Å². The second kappa shape index (κ2) is 5.10. The van der Waals surface area contributed by atoms with Gasteiger partial charge in [0.15, 0.2) is 0 Å². The van der Waals surface area contributed by atoms with Crippen molar-refractivity contribution in [2.75, 3.05) is 24.3 Å². The molecule has 0 bridgehead atoms. The normalized spacial score (nSPS) is 11.2. The second-order valence-corrected chi connectivity index (χ2v) is 5.73. The summed E-state index contributed by atoms with van der Waals surface area (Å²) in [7, 11) is 3.93. The maximum atomic E-state index is 4.60. The van der Waals surface area contributed by atoms with Crippen LogP contribution in [0.5, 0.6) is 0 Å². The van der Waals surface area contributed by atoms with E-state index < -0.39 is 0 Å². The predicted octanol–water partition coefficient (Wildman–Crippen LogP) is 3.14. The highest BCUT2D eigenvalue weighted by molar-refractivity contribution is 7.18. The average molecular weight is 264 g/mol. The molecule has 0 saturated carbocycles. The summed E-state index contributed by atoms with van der Waals surface area (Å²) in [6.07, 6.45) is 1.04. The summed E-state index contributed by atoms with van der Waals surface area (Å²) in [4.78, 5) is 13.7. The molecule has 0 atom stereocenters. The van der Waals surface area contributed by atoms with E-state index in [0.29, 0.717) is 12.0 Å². The van der Waals surface area contributed by atoms with Crippen LogP contribution in [0.2, 0.25) is 0 Å². The SMILES string of the molecule is CCc1cc2c(N(C)C(C)C)nc(NC)nc2s1. The van der Waals surface area contributed by atoms with Crippen molar-refractivity contribution in [3.8, 4) is 0 Å². The molecule has 0 aromatic carbocycles. The van der Waals surface area contributed by atoms with Crippen molar-refractivity contribution >= 4 is 33.3 Å². The number of thiophene rings is 1. The van der Waals surface area contributed by atoms with Crippen LogP contribution in [-0.2, 0) is 6.42 Å². The molecule has 2 rings (SSSR count). The number of hydrogen-bond donors (Lipinski definition) is 1. The van der Waals surface area contributed by atoms with E-state index in [1.807, 2.05) is 7.05 Å². The molecule has 0 amide bonds. The molecular weight excluding hydrogens is 244 g/mol. The number of anilines is 2. The molecule has 0 saturated heterocycles. The van der Waals surface area contributed by atoms with E-state index >= 15 is 0 Å². The van der Waals surface area contributed by atoms with Gasteiger partial charge in [0, 0.05) is 25.0 Å². The Bertz CT molecular complexity index is 547. The Morgan fingerprint density at radius 2 is 2.11 bits per heavy atom. The summed E-state index contributed by atoms with van der Waals surface area (Å²) >= 11 is 1.75. The third kappa shape index (κ3) is 2.27. The number of fused-ring (bicyclic) bond motifs is 1. The van der Waals surface area contributed by atoms with Gasteiger partial charge in [-0.2, -0.15) is 4.98 Å². The number of nitrogens with one attached hydrogen (secondary N) is 1. The summed E-state index contributed by atoms with van der Waals surface area (Å²) in [6.45, 7) is 6.50. The van der Waals surface area contributed by atoms with Crippen LogP contribution in [0, 0.1) is 0 Å². The Morgan fingerprint density at radius 3 is 2.67 bits per heavy atom. The lowest BCUT2D eigenvalue weighted by molar-refractivity contribution is 0.746. The molecule has 18 heavy (non-hydrogen) atoms. The van der Waals surface area contributed by atoms with Gasteiger partial charge in [-0.15, -0.1) is 11.3 Å². The molecule has 0 radical (unpaired) electrons. The minimum Gasteiger partial charge on any atom is -0.357 e. The number of rotatable bonds is 4.